The minimum Gasteiger partial charge on any atom is -0.321 e. The van der Waals surface area contributed by atoms with Crippen molar-refractivity contribution in [1.82, 2.24) is 0 Å². The van der Waals surface area contributed by atoms with E-state index in [1.165, 1.54) is 11.3 Å². The van der Waals surface area contributed by atoms with E-state index in [1.807, 2.05) is 51.1 Å². The molecular weight excluding hydrogens is 230 g/mol. The van der Waals surface area contributed by atoms with Gasteiger partial charge in [0.1, 0.15) is 0 Å². The Morgan fingerprint density at radius 2 is 1.88 bits per heavy atom. The van der Waals surface area contributed by atoms with Gasteiger partial charge in [-0.1, -0.05) is 12.1 Å². The molecular formula is C14H15NOS. The second kappa shape index (κ2) is 4.72. The summed E-state index contributed by atoms with van der Waals surface area (Å²) >= 11 is 1.51. The van der Waals surface area contributed by atoms with Crippen molar-refractivity contribution in [1.29, 1.82) is 0 Å². The Kier molecular flexibility index (Phi) is 3.29. The molecule has 1 aromatic carbocycles. The monoisotopic (exact) mass is 245 g/mol. The molecule has 0 unspecified atom stereocenters. The van der Waals surface area contributed by atoms with Gasteiger partial charge in [-0.05, 0) is 50.1 Å². The SMILES string of the molecule is Cc1ccc(C)c(NC(=O)c2ccc(C)s2)c1. The first-order valence-electron chi connectivity index (χ1n) is 5.51. The summed E-state index contributed by atoms with van der Waals surface area (Å²) in [5, 5.41) is 2.95. The van der Waals surface area contributed by atoms with Crippen LogP contribution in [-0.4, -0.2) is 5.91 Å². The Morgan fingerprint density at radius 3 is 2.53 bits per heavy atom. The number of nitrogens with one attached hydrogen (secondary N) is 1. The summed E-state index contributed by atoms with van der Waals surface area (Å²) in [5.41, 5.74) is 3.12. The lowest BCUT2D eigenvalue weighted by molar-refractivity contribution is 0.103. The minimum atomic E-state index is -0.0307. The summed E-state index contributed by atoms with van der Waals surface area (Å²) in [6.45, 7) is 6.01. The molecule has 0 atom stereocenters. The number of benzene rings is 1. The fourth-order valence-electron chi connectivity index (χ4n) is 1.61. The van der Waals surface area contributed by atoms with Crippen LogP contribution in [0, 0.1) is 20.8 Å². The smallest absolute Gasteiger partial charge is 0.265 e. The summed E-state index contributed by atoms with van der Waals surface area (Å²) in [6, 6.07) is 9.88. The second-order valence-corrected chi connectivity index (χ2v) is 5.47. The second-order valence-electron chi connectivity index (χ2n) is 4.18. The Balaban J connectivity index is 2.21. The van der Waals surface area contributed by atoms with Crippen molar-refractivity contribution in [2.24, 2.45) is 0 Å². The fourth-order valence-corrected chi connectivity index (χ4v) is 2.37. The highest BCUT2D eigenvalue weighted by molar-refractivity contribution is 7.14. The number of carbonyl (C=O) groups is 1. The van der Waals surface area contributed by atoms with Crippen LogP contribution in [0.4, 0.5) is 5.69 Å². The third-order valence-electron chi connectivity index (χ3n) is 2.61. The molecule has 1 N–H and O–H groups in total. The highest BCUT2D eigenvalue weighted by Crippen LogP contribution is 2.20. The number of rotatable bonds is 2. The zero-order chi connectivity index (χ0) is 12.4. The number of hydrogen-bond acceptors (Lipinski definition) is 2. The van der Waals surface area contributed by atoms with Crippen molar-refractivity contribution >= 4 is 22.9 Å². The molecule has 0 saturated carbocycles. The van der Waals surface area contributed by atoms with Crippen molar-refractivity contribution in [2.75, 3.05) is 5.32 Å². The van der Waals surface area contributed by atoms with E-state index in [9.17, 15) is 4.79 Å². The predicted octanol–water partition coefficient (Wildman–Crippen LogP) is 3.93. The van der Waals surface area contributed by atoms with Gasteiger partial charge in [0.15, 0.2) is 0 Å². The normalized spacial score (nSPS) is 10.3. The summed E-state index contributed by atoms with van der Waals surface area (Å²) in [6.07, 6.45) is 0. The summed E-state index contributed by atoms with van der Waals surface area (Å²) < 4.78 is 0. The van der Waals surface area contributed by atoms with Crippen molar-refractivity contribution in [3.05, 3.63) is 51.2 Å². The first-order chi connectivity index (χ1) is 8.06. The van der Waals surface area contributed by atoms with Crippen molar-refractivity contribution in [3.8, 4) is 0 Å². The van der Waals surface area contributed by atoms with Gasteiger partial charge in [0, 0.05) is 10.6 Å². The quantitative estimate of drug-likeness (QED) is 0.853. The molecule has 3 heteroatoms. The van der Waals surface area contributed by atoms with Crippen LogP contribution < -0.4 is 5.32 Å². The fraction of sp³-hybridized carbons (Fsp3) is 0.214. The Bertz CT molecular complexity index is 557. The van der Waals surface area contributed by atoms with Crippen LogP contribution in [0.3, 0.4) is 0 Å². The molecule has 1 aromatic heterocycles. The van der Waals surface area contributed by atoms with Crippen LogP contribution in [-0.2, 0) is 0 Å². The van der Waals surface area contributed by atoms with Crippen LogP contribution in [0.2, 0.25) is 0 Å². The maximum Gasteiger partial charge on any atom is 0.265 e. The van der Waals surface area contributed by atoms with Crippen molar-refractivity contribution < 1.29 is 4.79 Å². The maximum atomic E-state index is 12.0. The third kappa shape index (κ3) is 2.74. The number of amides is 1. The molecule has 2 nitrogen and oxygen atoms in total. The minimum absolute atomic E-state index is 0.0307. The molecule has 1 heterocycles. The van der Waals surface area contributed by atoms with Gasteiger partial charge in [0.05, 0.1) is 4.88 Å². The molecule has 0 radical (unpaired) electrons. The van der Waals surface area contributed by atoms with E-state index >= 15 is 0 Å². The Labute approximate surface area is 105 Å². The van der Waals surface area contributed by atoms with Gasteiger partial charge < -0.3 is 5.32 Å². The van der Waals surface area contributed by atoms with Gasteiger partial charge in [0.2, 0.25) is 0 Å². The average molecular weight is 245 g/mol. The highest BCUT2D eigenvalue weighted by Gasteiger charge is 2.09. The number of hydrogen-bond donors (Lipinski definition) is 1. The van der Waals surface area contributed by atoms with E-state index in [0.29, 0.717) is 0 Å². The standard InChI is InChI=1S/C14H15NOS/c1-9-4-5-10(2)12(8-9)15-14(16)13-7-6-11(3)17-13/h4-8H,1-3H3,(H,15,16). The van der Waals surface area contributed by atoms with E-state index in [0.717, 1.165) is 26.6 Å². The lowest BCUT2D eigenvalue weighted by Gasteiger charge is -2.08. The number of anilines is 1. The highest BCUT2D eigenvalue weighted by atomic mass is 32.1. The average Bonchev–Trinajstić information content (AvgIpc) is 2.70. The molecule has 0 aliphatic carbocycles. The summed E-state index contributed by atoms with van der Waals surface area (Å²) in [4.78, 5) is 13.9. The van der Waals surface area contributed by atoms with Crippen LogP contribution in [0.5, 0.6) is 0 Å². The molecule has 0 fully saturated rings. The molecule has 17 heavy (non-hydrogen) atoms. The van der Waals surface area contributed by atoms with Crippen LogP contribution >= 0.6 is 11.3 Å². The largest absolute Gasteiger partial charge is 0.321 e. The first-order valence-corrected chi connectivity index (χ1v) is 6.33. The molecule has 0 aliphatic rings. The molecule has 1 amide bonds. The number of carbonyl (C=O) groups excluding carboxylic acids is 1. The Morgan fingerprint density at radius 1 is 1.12 bits per heavy atom. The van der Waals surface area contributed by atoms with Gasteiger partial charge in [-0.15, -0.1) is 11.3 Å². The van der Waals surface area contributed by atoms with E-state index in [4.69, 9.17) is 0 Å². The molecule has 0 aliphatic heterocycles. The van der Waals surface area contributed by atoms with Gasteiger partial charge in [-0.2, -0.15) is 0 Å². The number of aryl methyl sites for hydroxylation is 3. The molecule has 2 rings (SSSR count). The van der Waals surface area contributed by atoms with Gasteiger partial charge >= 0.3 is 0 Å². The van der Waals surface area contributed by atoms with Crippen LogP contribution in [0.15, 0.2) is 30.3 Å². The lowest BCUT2D eigenvalue weighted by Crippen LogP contribution is -2.11. The van der Waals surface area contributed by atoms with Gasteiger partial charge in [-0.25, -0.2) is 0 Å². The van der Waals surface area contributed by atoms with Crippen molar-refractivity contribution in [2.45, 2.75) is 20.8 Å². The lowest BCUT2D eigenvalue weighted by atomic mass is 10.1. The van der Waals surface area contributed by atoms with E-state index in [-0.39, 0.29) is 5.91 Å². The van der Waals surface area contributed by atoms with Crippen molar-refractivity contribution in [3.63, 3.8) is 0 Å². The first kappa shape index (κ1) is 11.9. The molecule has 0 spiro atoms. The van der Waals surface area contributed by atoms with E-state index in [2.05, 4.69) is 5.32 Å². The van der Waals surface area contributed by atoms with Gasteiger partial charge in [0.25, 0.3) is 5.91 Å². The topological polar surface area (TPSA) is 29.1 Å². The molecule has 0 saturated heterocycles. The van der Waals surface area contributed by atoms with E-state index in [1.54, 1.807) is 0 Å². The zero-order valence-corrected chi connectivity index (χ0v) is 11.0. The van der Waals surface area contributed by atoms with Crippen LogP contribution in [0.25, 0.3) is 0 Å². The third-order valence-corrected chi connectivity index (χ3v) is 3.60. The maximum absolute atomic E-state index is 12.0. The summed E-state index contributed by atoms with van der Waals surface area (Å²) in [5.74, 6) is -0.0307. The predicted molar refractivity (Wildman–Crippen MR) is 72.9 cm³/mol. The molecule has 2 aromatic rings. The summed E-state index contributed by atoms with van der Waals surface area (Å²) in [7, 11) is 0. The Hall–Kier alpha value is -1.61. The van der Waals surface area contributed by atoms with Crippen LogP contribution in [0.1, 0.15) is 25.7 Å². The van der Waals surface area contributed by atoms with E-state index < -0.39 is 0 Å². The zero-order valence-electron chi connectivity index (χ0n) is 10.2. The molecule has 88 valence electrons. The number of thiophene rings is 1. The van der Waals surface area contributed by atoms with Gasteiger partial charge in [-0.3, -0.25) is 4.79 Å². The molecule has 0 bridgehead atoms.